The largest absolute Gasteiger partial charge is 0.336 e. The molecule has 0 radical (unpaired) electrons. The highest BCUT2D eigenvalue weighted by atomic mass is 35.5. The number of hydrogen-bond acceptors (Lipinski definition) is 2. The summed E-state index contributed by atoms with van der Waals surface area (Å²) in [6.45, 7) is 4.98. The van der Waals surface area contributed by atoms with Crippen molar-refractivity contribution in [1.82, 2.24) is 9.47 Å². The molecule has 4 aromatic rings. The molecule has 1 aliphatic rings. The summed E-state index contributed by atoms with van der Waals surface area (Å²) in [5.74, 6) is 0.356. The number of fused-ring (bicyclic) bond motifs is 4. The SMILES string of the molecule is Cc1c2c(c(C)c3c1c1ccccc1n3Cc1ccccc1)C=CN(C(=O)CCCCl)C2C#N. The smallest absolute Gasteiger partial charge is 0.227 e. The summed E-state index contributed by atoms with van der Waals surface area (Å²) in [5, 5.41) is 12.5. The molecule has 1 aromatic heterocycles. The molecule has 34 heavy (non-hydrogen) atoms. The molecular weight excluding hydrogens is 442 g/mol. The van der Waals surface area contributed by atoms with Gasteiger partial charge >= 0.3 is 0 Å². The van der Waals surface area contributed by atoms with Gasteiger partial charge in [0.2, 0.25) is 5.91 Å². The fraction of sp³-hybridized carbons (Fsp3) is 0.241. The van der Waals surface area contributed by atoms with E-state index in [0.717, 1.165) is 34.2 Å². The van der Waals surface area contributed by atoms with E-state index in [1.165, 1.54) is 22.0 Å². The van der Waals surface area contributed by atoms with E-state index in [1.54, 1.807) is 11.1 Å². The van der Waals surface area contributed by atoms with Gasteiger partial charge in [-0.2, -0.15) is 5.26 Å². The van der Waals surface area contributed by atoms with Crippen LogP contribution in [-0.2, 0) is 11.3 Å². The number of amides is 1. The molecule has 5 rings (SSSR count). The number of rotatable bonds is 5. The summed E-state index contributed by atoms with van der Waals surface area (Å²) in [6, 6.07) is 20.7. The number of benzene rings is 3. The van der Waals surface area contributed by atoms with E-state index in [9.17, 15) is 10.1 Å². The second-order valence-corrected chi connectivity index (χ2v) is 9.21. The molecule has 0 saturated carbocycles. The van der Waals surface area contributed by atoms with E-state index in [2.05, 4.69) is 73.0 Å². The van der Waals surface area contributed by atoms with Crippen LogP contribution in [-0.4, -0.2) is 21.3 Å². The number of alkyl halides is 1. The number of carbonyl (C=O) groups is 1. The lowest BCUT2D eigenvalue weighted by atomic mass is 9.86. The molecule has 0 spiro atoms. The van der Waals surface area contributed by atoms with Crippen LogP contribution in [0.2, 0.25) is 0 Å². The minimum atomic E-state index is -0.651. The van der Waals surface area contributed by atoms with Gasteiger partial charge in [0.15, 0.2) is 0 Å². The molecule has 170 valence electrons. The van der Waals surface area contributed by atoms with Crippen LogP contribution < -0.4 is 0 Å². The van der Waals surface area contributed by atoms with Gasteiger partial charge in [-0.3, -0.25) is 9.69 Å². The Labute approximate surface area is 204 Å². The number of aryl methyl sites for hydroxylation is 2. The van der Waals surface area contributed by atoms with Crippen LogP contribution in [0.5, 0.6) is 0 Å². The summed E-state index contributed by atoms with van der Waals surface area (Å²) in [6.07, 6.45) is 4.70. The maximum Gasteiger partial charge on any atom is 0.227 e. The molecule has 3 aromatic carbocycles. The molecule has 5 heteroatoms. The third-order valence-corrected chi connectivity index (χ3v) is 7.14. The van der Waals surface area contributed by atoms with Crippen molar-refractivity contribution in [1.29, 1.82) is 5.26 Å². The Balaban J connectivity index is 1.77. The molecule has 1 atom stereocenters. The van der Waals surface area contributed by atoms with Gasteiger partial charge in [-0.15, -0.1) is 11.6 Å². The lowest BCUT2D eigenvalue weighted by Crippen LogP contribution is -2.32. The van der Waals surface area contributed by atoms with Crippen LogP contribution in [0.15, 0.2) is 60.8 Å². The number of halogens is 1. The van der Waals surface area contributed by atoms with Crippen LogP contribution in [0.4, 0.5) is 0 Å². The molecule has 1 unspecified atom stereocenters. The van der Waals surface area contributed by atoms with Crippen molar-refractivity contribution in [3.63, 3.8) is 0 Å². The number of aromatic nitrogens is 1. The van der Waals surface area contributed by atoms with Crippen molar-refractivity contribution in [3.05, 3.63) is 88.6 Å². The Bertz CT molecular complexity index is 1480. The van der Waals surface area contributed by atoms with Gasteiger partial charge in [0.25, 0.3) is 0 Å². The summed E-state index contributed by atoms with van der Waals surface area (Å²) in [5.41, 5.74) is 7.75. The zero-order valence-electron chi connectivity index (χ0n) is 19.4. The molecule has 0 bridgehead atoms. The van der Waals surface area contributed by atoms with Crippen LogP contribution >= 0.6 is 11.6 Å². The van der Waals surface area contributed by atoms with Crippen molar-refractivity contribution < 1.29 is 4.79 Å². The van der Waals surface area contributed by atoms with E-state index in [4.69, 9.17) is 11.6 Å². The van der Waals surface area contributed by atoms with Gasteiger partial charge < -0.3 is 4.57 Å². The Kier molecular flexibility index (Phi) is 5.89. The second-order valence-electron chi connectivity index (χ2n) is 8.83. The minimum Gasteiger partial charge on any atom is -0.336 e. The molecular formula is C29H26ClN3O. The maximum atomic E-state index is 12.9. The van der Waals surface area contributed by atoms with Crippen molar-refractivity contribution in [2.75, 3.05) is 5.88 Å². The Morgan fingerprint density at radius 3 is 2.53 bits per heavy atom. The third kappa shape index (κ3) is 3.48. The molecule has 1 aliphatic heterocycles. The van der Waals surface area contributed by atoms with Gasteiger partial charge in [0, 0.05) is 46.9 Å². The number of nitriles is 1. The first-order chi connectivity index (χ1) is 16.6. The number of hydrogen-bond donors (Lipinski definition) is 0. The summed E-state index contributed by atoms with van der Waals surface area (Å²) in [7, 11) is 0. The molecule has 2 heterocycles. The zero-order valence-corrected chi connectivity index (χ0v) is 20.1. The van der Waals surface area contributed by atoms with Gasteiger partial charge in [0.05, 0.1) is 11.6 Å². The predicted molar refractivity (Wildman–Crippen MR) is 139 cm³/mol. The Morgan fingerprint density at radius 2 is 1.79 bits per heavy atom. The number of para-hydroxylation sites is 1. The third-order valence-electron chi connectivity index (χ3n) is 6.87. The highest BCUT2D eigenvalue weighted by Crippen LogP contribution is 2.43. The quantitative estimate of drug-likeness (QED) is 0.301. The van der Waals surface area contributed by atoms with E-state index >= 15 is 0 Å². The molecule has 0 saturated heterocycles. The standard InChI is InChI=1S/C29H26ClN3O/c1-19-22-14-16-32(26(34)13-8-15-30)25(17-31)27(22)20(2)28-23-11-6-7-12-24(23)33(29(19)28)18-21-9-4-3-5-10-21/h3-7,9-12,14,16,25H,8,13,15,18H2,1-2H3. The van der Waals surface area contributed by atoms with Crippen LogP contribution in [0.25, 0.3) is 27.9 Å². The maximum absolute atomic E-state index is 12.9. The molecule has 1 amide bonds. The molecule has 0 aliphatic carbocycles. The fourth-order valence-electron chi connectivity index (χ4n) is 5.32. The zero-order chi connectivity index (χ0) is 23.8. The van der Waals surface area contributed by atoms with Crippen molar-refractivity contribution >= 4 is 45.4 Å². The monoisotopic (exact) mass is 467 g/mol. The van der Waals surface area contributed by atoms with Crippen molar-refractivity contribution in [3.8, 4) is 6.07 Å². The van der Waals surface area contributed by atoms with E-state index in [-0.39, 0.29) is 5.91 Å². The van der Waals surface area contributed by atoms with Crippen molar-refractivity contribution in [2.24, 2.45) is 0 Å². The minimum absolute atomic E-state index is 0.0715. The van der Waals surface area contributed by atoms with E-state index in [0.29, 0.717) is 18.7 Å². The number of carbonyl (C=O) groups excluding carboxylic acids is 1. The molecule has 0 N–H and O–H groups in total. The first-order valence-electron chi connectivity index (χ1n) is 11.6. The Hall–Kier alpha value is -3.55. The van der Waals surface area contributed by atoms with Crippen LogP contribution in [0.1, 0.15) is 46.7 Å². The van der Waals surface area contributed by atoms with E-state index < -0.39 is 6.04 Å². The summed E-state index contributed by atoms with van der Waals surface area (Å²) >= 11 is 5.81. The van der Waals surface area contributed by atoms with Gasteiger partial charge in [-0.25, -0.2) is 0 Å². The first kappa shape index (κ1) is 22.3. The normalized spacial score (nSPS) is 15.0. The number of nitrogens with zero attached hydrogens (tertiary/aromatic N) is 3. The lowest BCUT2D eigenvalue weighted by molar-refractivity contribution is -0.129. The van der Waals surface area contributed by atoms with Crippen LogP contribution in [0, 0.1) is 25.2 Å². The van der Waals surface area contributed by atoms with Gasteiger partial charge in [-0.1, -0.05) is 48.5 Å². The average molecular weight is 468 g/mol. The van der Waals surface area contributed by atoms with Crippen molar-refractivity contribution in [2.45, 2.75) is 39.3 Å². The van der Waals surface area contributed by atoms with E-state index in [1.807, 2.05) is 12.1 Å². The Morgan fingerprint density at radius 1 is 1.06 bits per heavy atom. The molecule has 4 nitrogen and oxygen atoms in total. The average Bonchev–Trinajstić information content (AvgIpc) is 3.20. The fourth-order valence-corrected chi connectivity index (χ4v) is 5.45. The van der Waals surface area contributed by atoms with Gasteiger partial charge in [-0.05, 0) is 54.7 Å². The predicted octanol–water partition coefficient (Wildman–Crippen LogP) is 6.86. The first-order valence-corrected chi connectivity index (χ1v) is 12.1. The molecule has 0 fully saturated rings. The highest BCUT2D eigenvalue weighted by molar-refractivity contribution is 6.18. The van der Waals surface area contributed by atoms with Crippen LogP contribution in [0.3, 0.4) is 0 Å². The summed E-state index contributed by atoms with van der Waals surface area (Å²) < 4.78 is 2.38. The summed E-state index contributed by atoms with van der Waals surface area (Å²) in [4.78, 5) is 14.5. The van der Waals surface area contributed by atoms with Gasteiger partial charge in [0.1, 0.15) is 6.04 Å². The second kappa shape index (κ2) is 9.00. The topological polar surface area (TPSA) is 49.0 Å². The lowest BCUT2D eigenvalue weighted by Gasteiger charge is -2.31. The highest BCUT2D eigenvalue weighted by Gasteiger charge is 2.32.